The molecule has 1 atom stereocenters. The van der Waals surface area contributed by atoms with Gasteiger partial charge in [0.2, 0.25) is 5.91 Å². The lowest BCUT2D eigenvalue weighted by Gasteiger charge is -2.44. The molecule has 7 heteroatoms. The maximum atomic E-state index is 13.9. The molecule has 2 heterocycles. The lowest BCUT2D eigenvalue weighted by molar-refractivity contribution is -0.134. The number of benzene rings is 2. The molecule has 1 N–H and O–H groups in total. The number of nitrogens with zero attached hydrogens (tertiary/aromatic N) is 3. The molecule has 1 aliphatic heterocycles. The minimum atomic E-state index is -1.11. The summed E-state index contributed by atoms with van der Waals surface area (Å²) in [4.78, 5) is 33.8. The van der Waals surface area contributed by atoms with E-state index in [0.717, 1.165) is 42.3 Å². The minimum absolute atomic E-state index is 0.119. The van der Waals surface area contributed by atoms with E-state index in [4.69, 9.17) is 0 Å². The Balaban J connectivity index is 1.51. The summed E-state index contributed by atoms with van der Waals surface area (Å²) in [5, 5.41) is 3.29. The molecule has 178 valence electrons. The highest BCUT2D eigenvalue weighted by Gasteiger charge is 2.48. The molecule has 2 amide bonds. The molecular formula is C27H31FN4O2. The van der Waals surface area contributed by atoms with Crippen molar-refractivity contribution in [2.24, 2.45) is 0 Å². The number of rotatable bonds is 4. The van der Waals surface area contributed by atoms with E-state index in [-0.39, 0.29) is 30.2 Å². The van der Waals surface area contributed by atoms with Gasteiger partial charge in [-0.3, -0.25) is 9.59 Å². The standard InChI is InChI=1S/C27H31FN4O2/c1-27(26(34)29-21-9-5-3-2-4-6-10-21)18-31-23-12-8-7-11-22(23)30-24(31)25(33)32(27)17-19-13-15-20(28)16-14-19/h7-8,11-16,21H,2-6,9-10,17-18H2,1H3,(H,29,34). The van der Waals surface area contributed by atoms with Gasteiger partial charge in [-0.15, -0.1) is 0 Å². The van der Waals surface area contributed by atoms with Gasteiger partial charge < -0.3 is 14.8 Å². The van der Waals surface area contributed by atoms with Crippen LogP contribution in [-0.4, -0.2) is 37.8 Å². The predicted octanol–water partition coefficient (Wildman–Crippen LogP) is 4.82. The van der Waals surface area contributed by atoms with Crippen molar-refractivity contribution in [1.82, 2.24) is 19.8 Å². The number of carbonyl (C=O) groups excluding carboxylic acids is 2. The van der Waals surface area contributed by atoms with Crippen LogP contribution in [0.2, 0.25) is 0 Å². The first-order chi connectivity index (χ1) is 16.5. The van der Waals surface area contributed by atoms with Crippen molar-refractivity contribution >= 4 is 22.8 Å². The molecule has 0 saturated heterocycles. The van der Waals surface area contributed by atoms with Crippen LogP contribution in [0.1, 0.15) is 68.1 Å². The van der Waals surface area contributed by atoms with Crippen molar-refractivity contribution < 1.29 is 14.0 Å². The summed E-state index contributed by atoms with van der Waals surface area (Å²) in [7, 11) is 0. The van der Waals surface area contributed by atoms with Crippen molar-refractivity contribution in [3.8, 4) is 0 Å². The molecule has 0 spiro atoms. The van der Waals surface area contributed by atoms with E-state index in [1.165, 1.54) is 31.4 Å². The average molecular weight is 463 g/mol. The van der Waals surface area contributed by atoms with Crippen molar-refractivity contribution in [2.45, 2.75) is 76.5 Å². The van der Waals surface area contributed by atoms with Crippen LogP contribution in [0.3, 0.4) is 0 Å². The van der Waals surface area contributed by atoms with E-state index in [2.05, 4.69) is 10.3 Å². The van der Waals surface area contributed by atoms with Crippen LogP contribution in [0.15, 0.2) is 48.5 Å². The van der Waals surface area contributed by atoms with Gasteiger partial charge in [0.05, 0.1) is 17.6 Å². The molecule has 34 heavy (non-hydrogen) atoms. The number of fused-ring (bicyclic) bond motifs is 3. The highest BCUT2D eigenvalue weighted by atomic mass is 19.1. The van der Waals surface area contributed by atoms with Gasteiger partial charge >= 0.3 is 0 Å². The highest BCUT2D eigenvalue weighted by molar-refractivity contribution is 6.01. The molecule has 2 aliphatic rings. The minimum Gasteiger partial charge on any atom is -0.351 e. The Labute approximate surface area is 199 Å². The Hall–Kier alpha value is -3.22. The quantitative estimate of drug-likeness (QED) is 0.605. The van der Waals surface area contributed by atoms with Crippen molar-refractivity contribution in [1.29, 1.82) is 0 Å². The summed E-state index contributed by atoms with van der Waals surface area (Å²) in [6, 6.07) is 13.8. The molecular weight excluding hydrogens is 431 g/mol. The van der Waals surface area contributed by atoms with E-state index >= 15 is 0 Å². The number of halogens is 1. The zero-order valence-corrected chi connectivity index (χ0v) is 19.6. The fourth-order valence-electron chi connectivity index (χ4n) is 5.29. The van der Waals surface area contributed by atoms with Gasteiger partial charge in [0.15, 0.2) is 5.82 Å². The summed E-state index contributed by atoms with van der Waals surface area (Å²) in [5.74, 6) is -0.432. The van der Waals surface area contributed by atoms with E-state index in [0.29, 0.717) is 12.4 Å². The molecule has 5 rings (SSSR count). The number of hydrogen-bond acceptors (Lipinski definition) is 3. The SMILES string of the molecule is CC1(C(=O)NC2CCCCCCC2)Cn2c(nc3ccccc32)C(=O)N1Cc1ccc(F)cc1. The maximum Gasteiger partial charge on any atom is 0.291 e. The fourth-order valence-corrected chi connectivity index (χ4v) is 5.29. The molecule has 1 fully saturated rings. The Morgan fingerprint density at radius 3 is 2.47 bits per heavy atom. The van der Waals surface area contributed by atoms with Crippen LogP contribution in [-0.2, 0) is 17.9 Å². The summed E-state index contributed by atoms with van der Waals surface area (Å²) < 4.78 is 15.4. The smallest absolute Gasteiger partial charge is 0.291 e. The van der Waals surface area contributed by atoms with Gasteiger partial charge in [0.1, 0.15) is 11.4 Å². The Bertz CT molecular complexity index is 1200. The third-order valence-electron chi connectivity index (χ3n) is 7.34. The van der Waals surface area contributed by atoms with Crippen molar-refractivity contribution in [2.75, 3.05) is 0 Å². The van der Waals surface area contributed by atoms with Crippen LogP contribution in [0.5, 0.6) is 0 Å². The van der Waals surface area contributed by atoms with Gasteiger partial charge in [-0.25, -0.2) is 9.37 Å². The predicted molar refractivity (Wildman–Crippen MR) is 129 cm³/mol. The molecule has 1 unspecified atom stereocenters. The summed E-state index contributed by atoms with van der Waals surface area (Å²) >= 11 is 0. The lowest BCUT2D eigenvalue weighted by atomic mass is 9.92. The zero-order valence-electron chi connectivity index (χ0n) is 19.6. The summed E-state index contributed by atoms with van der Waals surface area (Å²) in [6.07, 6.45) is 7.80. The second kappa shape index (κ2) is 9.20. The normalized spacial score (nSPS) is 21.7. The molecule has 0 bridgehead atoms. The molecule has 2 aromatic carbocycles. The maximum absolute atomic E-state index is 13.9. The summed E-state index contributed by atoms with van der Waals surface area (Å²) in [5.41, 5.74) is 1.24. The van der Waals surface area contributed by atoms with Crippen molar-refractivity contribution in [3.05, 3.63) is 65.7 Å². The fraction of sp³-hybridized carbons (Fsp3) is 0.444. The molecule has 1 aliphatic carbocycles. The lowest BCUT2D eigenvalue weighted by Crippen LogP contribution is -2.64. The number of nitrogens with one attached hydrogen (secondary N) is 1. The van der Waals surface area contributed by atoms with E-state index in [1.807, 2.05) is 35.8 Å². The van der Waals surface area contributed by atoms with Crippen molar-refractivity contribution in [3.63, 3.8) is 0 Å². The first kappa shape index (κ1) is 22.6. The van der Waals surface area contributed by atoms with Crippen LogP contribution in [0.25, 0.3) is 11.0 Å². The molecule has 6 nitrogen and oxygen atoms in total. The average Bonchev–Trinajstić information content (AvgIpc) is 3.18. The molecule has 1 saturated carbocycles. The first-order valence-corrected chi connectivity index (χ1v) is 12.3. The van der Waals surface area contributed by atoms with E-state index in [1.54, 1.807) is 17.0 Å². The zero-order chi connectivity index (χ0) is 23.7. The van der Waals surface area contributed by atoms with Crippen LogP contribution < -0.4 is 5.32 Å². The van der Waals surface area contributed by atoms with Gasteiger partial charge in [0, 0.05) is 12.6 Å². The summed E-state index contributed by atoms with van der Waals surface area (Å²) in [6.45, 7) is 2.36. The Morgan fingerprint density at radius 2 is 1.74 bits per heavy atom. The van der Waals surface area contributed by atoms with Gasteiger partial charge in [0.25, 0.3) is 5.91 Å². The van der Waals surface area contributed by atoms with Gasteiger partial charge in [-0.05, 0) is 49.6 Å². The van der Waals surface area contributed by atoms with Crippen LogP contribution >= 0.6 is 0 Å². The number of para-hydroxylation sites is 2. The second-order valence-electron chi connectivity index (χ2n) is 9.82. The third kappa shape index (κ3) is 4.19. The number of aromatic nitrogens is 2. The third-order valence-corrected chi connectivity index (χ3v) is 7.34. The number of carbonyl (C=O) groups is 2. The molecule has 3 aromatic rings. The number of hydrogen-bond donors (Lipinski definition) is 1. The van der Waals surface area contributed by atoms with Crippen LogP contribution in [0.4, 0.5) is 4.39 Å². The number of amides is 2. The highest BCUT2D eigenvalue weighted by Crippen LogP contribution is 2.32. The largest absolute Gasteiger partial charge is 0.351 e. The molecule has 1 aromatic heterocycles. The Kier molecular flexibility index (Phi) is 6.11. The topological polar surface area (TPSA) is 67.2 Å². The first-order valence-electron chi connectivity index (χ1n) is 12.3. The monoisotopic (exact) mass is 462 g/mol. The second-order valence-corrected chi connectivity index (χ2v) is 9.82. The Morgan fingerprint density at radius 1 is 1.06 bits per heavy atom. The number of imidazole rings is 1. The molecule has 0 radical (unpaired) electrons. The van der Waals surface area contributed by atoms with Gasteiger partial charge in [-0.1, -0.05) is 56.4 Å². The van der Waals surface area contributed by atoms with E-state index < -0.39 is 5.54 Å². The van der Waals surface area contributed by atoms with E-state index in [9.17, 15) is 14.0 Å². The van der Waals surface area contributed by atoms with Crippen LogP contribution in [0, 0.1) is 5.82 Å². The van der Waals surface area contributed by atoms with Gasteiger partial charge in [-0.2, -0.15) is 0 Å².